The molecule has 0 aliphatic heterocycles. The van der Waals surface area contributed by atoms with Crippen LogP contribution in [0.5, 0.6) is 0 Å². The van der Waals surface area contributed by atoms with Gasteiger partial charge in [-0.3, -0.25) is 0 Å². The lowest BCUT2D eigenvalue weighted by atomic mass is 10.2. The second-order valence-corrected chi connectivity index (χ2v) is 4.49. The van der Waals surface area contributed by atoms with Gasteiger partial charge in [-0.15, -0.1) is 11.8 Å². The number of benzene rings is 1. The summed E-state index contributed by atoms with van der Waals surface area (Å²) in [7, 11) is 0. The van der Waals surface area contributed by atoms with Crippen LogP contribution in [0.1, 0.15) is 11.3 Å². The van der Waals surface area contributed by atoms with Gasteiger partial charge in [0.2, 0.25) is 5.95 Å². The van der Waals surface area contributed by atoms with Crippen LogP contribution in [-0.2, 0) is 0 Å². The van der Waals surface area contributed by atoms with Crippen LogP contribution in [0, 0.1) is 6.92 Å². The van der Waals surface area contributed by atoms with Gasteiger partial charge in [-0.05, 0) is 30.9 Å². The SMILES string of the molecule is CSc1cccc(C=Nn2cc(C)nc2N)c1. The fraction of sp³-hybridized carbons (Fsp3) is 0.167. The molecule has 0 aliphatic rings. The van der Waals surface area contributed by atoms with E-state index in [2.05, 4.69) is 22.2 Å². The van der Waals surface area contributed by atoms with Crippen molar-refractivity contribution in [2.45, 2.75) is 11.8 Å². The molecule has 0 unspecified atom stereocenters. The molecule has 1 aromatic heterocycles. The molecule has 0 fully saturated rings. The molecular weight excluding hydrogens is 232 g/mol. The summed E-state index contributed by atoms with van der Waals surface area (Å²) in [4.78, 5) is 5.29. The smallest absolute Gasteiger partial charge is 0.221 e. The molecule has 1 heterocycles. The first-order chi connectivity index (χ1) is 8.19. The predicted octanol–water partition coefficient (Wildman–Crippen LogP) is 2.38. The van der Waals surface area contributed by atoms with Crippen LogP contribution in [0.2, 0.25) is 0 Å². The summed E-state index contributed by atoms with van der Waals surface area (Å²) < 4.78 is 1.57. The molecule has 0 saturated carbocycles. The number of nitrogens with two attached hydrogens (primary N) is 1. The Kier molecular flexibility index (Phi) is 3.49. The van der Waals surface area contributed by atoms with Crippen molar-refractivity contribution >= 4 is 23.9 Å². The van der Waals surface area contributed by atoms with Crippen molar-refractivity contribution in [2.24, 2.45) is 5.10 Å². The average molecular weight is 246 g/mol. The van der Waals surface area contributed by atoms with Gasteiger partial charge < -0.3 is 5.73 Å². The zero-order valence-corrected chi connectivity index (χ0v) is 10.6. The summed E-state index contributed by atoms with van der Waals surface area (Å²) >= 11 is 1.71. The van der Waals surface area contributed by atoms with E-state index in [-0.39, 0.29) is 0 Å². The Bertz CT molecular complexity index is 545. The molecule has 0 bridgehead atoms. The number of hydrogen-bond acceptors (Lipinski definition) is 4. The van der Waals surface area contributed by atoms with Crippen LogP contribution in [0.15, 0.2) is 40.5 Å². The Morgan fingerprint density at radius 1 is 1.47 bits per heavy atom. The second-order valence-electron chi connectivity index (χ2n) is 3.61. The monoisotopic (exact) mass is 246 g/mol. The van der Waals surface area contributed by atoms with Crippen LogP contribution >= 0.6 is 11.8 Å². The van der Waals surface area contributed by atoms with Gasteiger partial charge in [0, 0.05) is 4.90 Å². The number of aryl methyl sites for hydroxylation is 1. The average Bonchev–Trinajstić information content (AvgIpc) is 2.65. The Morgan fingerprint density at radius 2 is 2.29 bits per heavy atom. The van der Waals surface area contributed by atoms with Crippen molar-refractivity contribution in [3.63, 3.8) is 0 Å². The van der Waals surface area contributed by atoms with Crippen molar-refractivity contribution in [3.05, 3.63) is 41.7 Å². The van der Waals surface area contributed by atoms with Crippen molar-refractivity contribution in [3.8, 4) is 0 Å². The quantitative estimate of drug-likeness (QED) is 0.668. The standard InChI is InChI=1S/C12H14N4S/c1-9-8-16(12(13)15-9)14-7-10-4-3-5-11(6-10)17-2/h3-8H,1-2H3,(H2,13,15). The Labute approximate surface area is 105 Å². The minimum Gasteiger partial charge on any atom is -0.368 e. The molecule has 1 aromatic carbocycles. The first kappa shape index (κ1) is 11.7. The second kappa shape index (κ2) is 5.05. The summed E-state index contributed by atoms with van der Waals surface area (Å²) in [5, 5.41) is 4.27. The van der Waals surface area contributed by atoms with E-state index >= 15 is 0 Å². The van der Waals surface area contributed by atoms with Gasteiger partial charge in [-0.1, -0.05) is 12.1 Å². The van der Waals surface area contributed by atoms with Gasteiger partial charge in [0.05, 0.1) is 18.1 Å². The zero-order valence-electron chi connectivity index (χ0n) is 9.79. The molecule has 4 nitrogen and oxygen atoms in total. The highest BCUT2D eigenvalue weighted by Crippen LogP contribution is 2.14. The number of rotatable bonds is 3. The molecule has 0 saturated heterocycles. The van der Waals surface area contributed by atoms with Gasteiger partial charge in [-0.2, -0.15) is 5.10 Å². The van der Waals surface area contributed by atoms with E-state index in [4.69, 9.17) is 5.73 Å². The topological polar surface area (TPSA) is 56.2 Å². The van der Waals surface area contributed by atoms with E-state index in [1.54, 1.807) is 28.8 Å². The number of nitrogen functional groups attached to an aromatic ring is 1. The number of imidazole rings is 1. The first-order valence-electron chi connectivity index (χ1n) is 5.19. The molecule has 2 rings (SSSR count). The van der Waals surface area contributed by atoms with E-state index in [0.717, 1.165) is 11.3 Å². The first-order valence-corrected chi connectivity index (χ1v) is 6.41. The van der Waals surface area contributed by atoms with E-state index in [0.29, 0.717) is 5.95 Å². The van der Waals surface area contributed by atoms with Crippen LogP contribution in [-0.4, -0.2) is 22.1 Å². The number of nitrogens with zero attached hydrogens (tertiary/aromatic N) is 3. The van der Waals surface area contributed by atoms with Crippen LogP contribution in [0.4, 0.5) is 5.95 Å². The van der Waals surface area contributed by atoms with Crippen LogP contribution in [0.3, 0.4) is 0 Å². The molecule has 2 aromatic rings. The summed E-state index contributed by atoms with van der Waals surface area (Å²) in [6.07, 6.45) is 5.62. The Hall–Kier alpha value is -1.75. The highest BCUT2D eigenvalue weighted by atomic mass is 32.2. The number of hydrogen-bond donors (Lipinski definition) is 1. The van der Waals surface area contributed by atoms with Gasteiger partial charge in [0.15, 0.2) is 0 Å². The molecule has 5 heteroatoms. The highest BCUT2D eigenvalue weighted by molar-refractivity contribution is 7.98. The largest absolute Gasteiger partial charge is 0.368 e. The summed E-state index contributed by atoms with van der Waals surface area (Å²) in [5.41, 5.74) is 7.60. The number of aromatic nitrogens is 2. The lowest BCUT2D eigenvalue weighted by molar-refractivity contribution is 0.897. The molecule has 2 N–H and O–H groups in total. The maximum absolute atomic E-state index is 5.70. The van der Waals surface area contributed by atoms with E-state index in [1.807, 2.05) is 25.3 Å². The van der Waals surface area contributed by atoms with Gasteiger partial charge >= 0.3 is 0 Å². The van der Waals surface area contributed by atoms with E-state index in [1.165, 1.54) is 4.90 Å². The van der Waals surface area contributed by atoms with Gasteiger partial charge in [-0.25, -0.2) is 9.66 Å². The lowest BCUT2D eigenvalue weighted by Gasteiger charge is -1.98. The van der Waals surface area contributed by atoms with E-state index < -0.39 is 0 Å². The minimum atomic E-state index is 0.403. The molecule has 0 amide bonds. The maximum Gasteiger partial charge on any atom is 0.221 e. The van der Waals surface area contributed by atoms with Crippen LogP contribution in [0.25, 0.3) is 0 Å². The van der Waals surface area contributed by atoms with Crippen molar-refractivity contribution in [1.82, 2.24) is 9.66 Å². The fourth-order valence-corrected chi connectivity index (χ4v) is 1.92. The van der Waals surface area contributed by atoms with Crippen molar-refractivity contribution in [2.75, 3.05) is 12.0 Å². The highest BCUT2D eigenvalue weighted by Gasteiger charge is 1.98. The summed E-state index contributed by atoms with van der Waals surface area (Å²) in [6.45, 7) is 1.89. The zero-order chi connectivity index (χ0) is 12.3. The fourth-order valence-electron chi connectivity index (χ4n) is 1.45. The molecule has 17 heavy (non-hydrogen) atoms. The van der Waals surface area contributed by atoms with Gasteiger partial charge in [0.1, 0.15) is 0 Å². The molecular formula is C12H14N4S. The molecule has 0 radical (unpaired) electrons. The lowest BCUT2D eigenvalue weighted by Crippen LogP contribution is -1.96. The van der Waals surface area contributed by atoms with Crippen LogP contribution < -0.4 is 5.73 Å². The minimum absolute atomic E-state index is 0.403. The normalized spacial score (nSPS) is 11.2. The summed E-state index contributed by atoms with van der Waals surface area (Å²) in [5.74, 6) is 0.403. The molecule has 0 aliphatic carbocycles. The third-order valence-corrected chi connectivity index (χ3v) is 2.99. The molecule has 0 atom stereocenters. The number of thioether (sulfide) groups is 1. The Balaban J connectivity index is 2.22. The van der Waals surface area contributed by atoms with Crippen molar-refractivity contribution in [1.29, 1.82) is 0 Å². The predicted molar refractivity (Wildman–Crippen MR) is 72.6 cm³/mol. The van der Waals surface area contributed by atoms with Crippen molar-refractivity contribution < 1.29 is 0 Å². The van der Waals surface area contributed by atoms with E-state index in [9.17, 15) is 0 Å². The maximum atomic E-state index is 5.70. The van der Waals surface area contributed by atoms with Gasteiger partial charge in [0.25, 0.3) is 0 Å². The number of anilines is 1. The third kappa shape index (κ3) is 2.88. The summed E-state index contributed by atoms with van der Waals surface area (Å²) in [6, 6.07) is 8.16. The molecule has 88 valence electrons. The Morgan fingerprint density at radius 3 is 2.94 bits per heavy atom. The molecule has 0 spiro atoms. The third-order valence-electron chi connectivity index (χ3n) is 2.26.